The zero-order chi connectivity index (χ0) is 12.6. The third kappa shape index (κ3) is 3.93. The third-order valence-corrected chi connectivity index (χ3v) is 2.31. The standard InChI is InChI=1S/C10H12FN.2C2H6/c1-7-4-8-2-3-12-6-9(8)10(11)5-7;2*1-2/h4-5,12H,2-3,6H2,1H3;2*1-2H3. The van der Waals surface area contributed by atoms with E-state index in [0.717, 1.165) is 24.1 Å². The first-order chi connectivity index (χ1) is 7.77. The first kappa shape index (κ1) is 15.1. The van der Waals surface area contributed by atoms with Crippen molar-refractivity contribution in [1.29, 1.82) is 0 Å². The predicted octanol–water partition coefficient (Wildman–Crippen LogP) is 3.83. The molecule has 92 valence electrons. The van der Waals surface area contributed by atoms with Crippen molar-refractivity contribution >= 4 is 0 Å². The van der Waals surface area contributed by atoms with Crippen molar-refractivity contribution in [2.24, 2.45) is 0 Å². The van der Waals surface area contributed by atoms with Gasteiger partial charge in [0.05, 0.1) is 0 Å². The van der Waals surface area contributed by atoms with E-state index in [1.807, 2.05) is 34.6 Å². The maximum absolute atomic E-state index is 13.3. The second-order valence-electron chi connectivity index (χ2n) is 3.31. The van der Waals surface area contributed by atoms with Crippen molar-refractivity contribution in [3.8, 4) is 0 Å². The van der Waals surface area contributed by atoms with Crippen molar-refractivity contribution in [2.75, 3.05) is 6.54 Å². The van der Waals surface area contributed by atoms with Crippen LogP contribution in [-0.4, -0.2) is 6.54 Å². The SMILES string of the molecule is CC.CC.Cc1cc(F)c2c(c1)CCNC2. The molecule has 0 saturated heterocycles. The molecule has 1 N–H and O–H groups in total. The van der Waals surface area contributed by atoms with Gasteiger partial charge in [-0.05, 0) is 37.1 Å². The lowest BCUT2D eigenvalue weighted by molar-refractivity contribution is 0.562. The van der Waals surface area contributed by atoms with E-state index in [1.165, 1.54) is 5.56 Å². The van der Waals surface area contributed by atoms with Gasteiger partial charge in [0.1, 0.15) is 5.82 Å². The minimum atomic E-state index is -0.0581. The molecule has 0 saturated carbocycles. The van der Waals surface area contributed by atoms with Crippen LogP contribution in [0.15, 0.2) is 12.1 Å². The van der Waals surface area contributed by atoms with Crippen LogP contribution in [-0.2, 0) is 13.0 Å². The number of rotatable bonds is 0. The van der Waals surface area contributed by atoms with E-state index in [-0.39, 0.29) is 5.82 Å². The molecule has 0 aromatic heterocycles. The average molecular weight is 225 g/mol. The van der Waals surface area contributed by atoms with Gasteiger partial charge in [-0.25, -0.2) is 4.39 Å². The Hall–Kier alpha value is -0.890. The normalized spacial score (nSPS) is 12.6. The molecule has 1 aromatic carbocycles. The Morgan fingerprint density at radius 3 is 2.38 bits per heavy atom. The zero-order valence-electron chi connectivity index (χ0n) is 11.2. The number of aryl methyl sites for hydroxylation is 1. The highest BCUT2D eigenvalue weighted by Crippen LogP contribution is 2.19. The van der Waals surface area contributed by atoms with Gasteiger partial charge in [0.15, 0.2) is 0 Å². The maximum Gasteiger partial charge on any atom is 0.128 e. The maximum atomic E-state index is 13.3. The van der Waals surface area contributed by atoms with E-state index in [4.69, 9.17) is 0 Å². The molecule has 1 nitrogen and oxygen atoms in total. The monoisotopic (exact) mass is 225 g/mol. The summed E-state index contributed by atoms with van der Waals surface area (Å²) in [6, 6.07) is 3.69. The third-order valence-electron chi connectivity index (χ3n) is 2.31. The van der Waals surface area contributed by atoms with Crippen LogP contribution in [0.5, 0.6) is 0 Å². The van der Waals surface area contributed by atoms with E-state index in [1.54, 1.807) is 6.07 Å². The smallest absolute Gasteiger partial charge is 0.128 e. The Bertz CT molecular complexity index is 308. The molecular weight excluding hydrogens is 201 g/mol. The van der Waals surface area contributed by atoms with Gasteiger partial charge in [-0.3, -0.25) is 0 Å². The Morgan fingerprint density at radius 2 is 1.75 bits per heavy atom. The highest BCUT2D eigenvalue weighted by atomic mass is 19.1. The van der Waals surface area contributed by atoms with Gasteiger partial charge in [-0.1, -0.05) is 33.8 Å². The van der Waals surface area contributed by atoms with Gasteiger partial charge >= 0.3 is 0 Å². The van der Waals surface area contributed by atoms with Crippen LogP contribution in [0.3, 0.4) is 0 Å². The molecular formula is C14H24FN. The van der Waals surface area contributed by atoms with Gasteiger partial charge in [-0.15, -0.1) is 0 Å². The molecule has 1 aromatic rings. The summed E-state index contributed by atoms with van der Waals surface area (Å²) >= 11 is 0. The van der Waals surface area contributed by atoms with Crippen molar-refractivity contribution < 1.29 is 4.39 Å². The largest absolute Gasteiger partial charge is 0.312 e. The molecule has 0 aliphatic carbocycles. The quantitative estimate of drug-likeness (QED) is 0.707. The Morgan fingerprint density at radius 1 is 1.12 bits per heavy atom. The zero-order valence-corrected chi connectivity index (χ0v) is 11.2. The minimum absolute atomic E-state index is 0.0581. The van der Waals surface area contributed by atoms with E-state index in [9.17, 15) is 4.39 Å². The van der Waals surface area contributed by atoms with Crippen LogP contribution in [0.1, 0.15) is 44.4 Å². The molecule has 16 heavy (non-hydrogen) atoms. The number of hydrogen-bond donors (Lipinski definition) is 1. The first-order valence-electron chi connectivity index (χ1n) is 6.26. The van der Waals surface area contributed by atoms with Gasteiger partial charge in [0.25, 0.3) is 0 Å². The fourth-order valence-electron chi connectivity index (χ4n) is 1.70. The lowest BCUT2D eigenvalue weighted by Gasteiger charge is -2.17. The molecule has 1 aliphatic rings. The summed E-state index contributed by atoms with van der Waals surface area (Å²) in [6.45, 7) is 11.6. The molecule has 0 spiro atoms. The first-order valence-corrected chi connectivity index (χ1v) is 6.26. The van der Waals surface area contributed by atoms with Gasteiger partial charge < -0.3 is 5.32 Å². The van der Waals surface area contributed by atoms with Crippen molar-refractivity contribution in [1.82, 2.24) is 5.32 Å². The second kappa shape index (κ2) is 8.28. The van der Waals surface area contributed by atoms with E-state index >= 15 is 0 Å². The van der Waals surface area contributed by atoms with Crippen LogP contribution in [0.25, 0.3) is 0 Å². The van der Waals surface area contributed by atoms with Crippen LogP contribution in [0, 0.1) is 12.7 Å². The summed E-state index contributed by atoms with van der Waals surface area (Å²) in [7, 11) is 0. The Balaban J connectivity index is 0.000000509. The Kier molecular flexibility index (Phi) is 7.82. The highest BCUT2D eigenvalue weighted by molar-refractivity contribution is 5.34. The van der Waals surface area contributed by atoms with E-state index in [2.05, 4.69) is 11.4 Å². The summed E-state index contributed by atoms with van der Waals surface area (Å²) in [5.41, 5.74) is 3.05. The minimum Gasteiger partial charge on any atom is -0.312 e. The fraction of sp³-hybridized carbons (Fsp3) is 0.571. The van der Waals surface area contributed by atoms with Crippen LogP contribution in [0.4, 0.5) is 4.39 Å². The van der Waals surface area contributed by atoms with Crippen LogP contribution in [0.2, 0.25) is 0 Å². The summed E-state index contributed by atoms with van der Waals surface area (Å²) in [6.07, 6.45) is 0.952. The number of fused-ring (bicyclic) bond motifs is 1. The Labute approximate surface area is 99.1 Å². The summed E-state index contributed by atoms with van der Waals surface area (Å²) < 4.78 is 13.3. The van der Waals surface area contributed by atoms with Crippen molar-refractivity contribution in [2.45, 2.75) is 47.6 Å². The van der Waals surface area contributed by atoms with Gasteiger partial charge in [0, 0.05) is 12.1 Å². The number of hydrogen-bond acceptors (Lipinski definition) is 1. The van der Waals surface area contributed by atoms with Crippen LogP contribution >= 0.6 is 0 Å². The van der Waals surface area contributed by atoms with Crippen molar-refractivity contribution in [3.63, 3.8) is 0 Å². The predicted molar refractivity (Wildman–Crippen MR) is 69.2 cm³/mol. The number of benzene rings is 1. The number of halogens is 1. The molecule has 0 atom stereocenters. The average Bonchev–Trinajstić information content (AvgIpc) is 2.34. The summed E-state index contributed by atoms with van der Waals surface area (Å²) in [4.78, 5) is 0. The summed E-state index contributed by atoms with van der Waals surface area (Å²) in [5.74, 6) is -0.0581. The highest BCUT2D eigenvalue weighted by Gasteiger charge is 2.12. The number of nitrogens with one attached hydrogen (secondary N) is 1. The van der Waals surface area contributed by atoms with Gasteiger partial charge in [0.2, 0.25) is 0 Å². The second-order valence-corrected chi connectivity index (χ2v) is 3.31. The summed E-state index contributed by atoms with van der Waals surface area (Å²) in [5, 5.41) is 3.16. The molecule has 0 unspecified atom stereocenters. The molecule has 1 aliphatic heterocycles. The van der Waals surface area contributed by atoms with Crippen molar-refractivity contribution in [3.05, 3.63) is 34.6 Å². The molecule has 0 radical (unpaired) electrons. The molecule has 2 heteroatoms. The molecule has 2 rings (SSSR count). The van der Waals surface area contributed by atoms with E-state index < -0.39 is 0 Å². The topological polar surface area (TPSA) is 12.0 Å². The molecule has 0 bridgehead atoms. The molecule has 1 heterocycles. The molecule has 0 amide bonds. The van der Waals surface area contributed by atoms with E-state index in [0.29, 0.717) is 6.54 Å². The lowest BCUT2D eigenvalue weighted by Crippen LogP contribution is -2.24. The van der Waals surface area contributed by atoms with Crippen LogP contribution < -0.4 is 5.32 Å². The fourth-order valence-corrected chi connectivity index (χ4v) is 1.70. The lowest BCUT2D eigenvalue weighted by atomic mass is 9.98. The molecule has 0 fully saturated rings. The van der Waals surface area contributed by atoms with Gasteiger partial charge in [-0.2, -0.15) is 0 Å².